The van der Waals surface area contributed by atoms with Crippen LogP contribution in [0.1, 0.15) is 36.0 Å². The van der Waals surface area contributed by atoms with Crippen molar-refractivity contribution in [1.82, 2.24) is 4.90 Å². The van der Waals surface area contributed by atoms with Crippen molar-refractivity contribution in [1.29, 1.82) is 0 Å². The zero-order valence-corrected chi connectivity index (χ0v) is 13.4. The standard InChI is InChI=1S/C18H24N2O3/c19-18(8-12-23-13-9-18)17(22)20-10-6-15(7-11-20)16(21)14-4-2-1-3-5-14/h1-5,15H,6-13,19H2. The summed E-state index contributed by atoms with van der Waals surface area (Å²) >= 11 is 0. The zero-order valence-electron chi connectivity index (χ0n) is 13.4. The quantitative estimate of drug-likeness (QED) is 0.860. The van der Waals surface area contributed by atoms with Crippen molar-refractivity contribution in [2.45, 2.75) is 31.2 Å². The van der Waals surface area contributed by atoms with Crippen molar-refractivity contribution in [3.8, 4) is 0 Å². The van der Waals surface area contributed by atoms with Gasteiger partial charge in [0.15, 0.2) is 5.78 Å². The molecule has 124 valence electrons. The number of rotatable bonds is 3. The van der Waals surface area contributed by atoms with Crippen LogP contribution < -0.4 is 5.73 Å². The molecule has 3 rings (SSSR count). The van der Waals surface area contributed by atoms with E-state index in [2.05, 4.69) is 0 Å². The van der Waals surface area contributed by atoms with E-state index in [1.165, 1.54) is 0 Å². The highest BCUT2D eigenvalue weighted by Crippen LogP contribution is 2.26. The number of benzene rings is 1. The molecule has 1 aromatic carbocycles. The molecule has 2 fully saturated rings. The van der Waals surface area contributed by atoms with Gasteiger partial charge in [0.05, 0.1) is 5.54 Å². The van der Waals surface area contributed by atoms with Crippen LogP contribution >= 0.6 is 0 Å². The molecule has 2 N–H and O–H groups in total. The van der Waals surface area contributed by atoms with Gasteiger partial charge in [-0.15, -0.1) is 0 Å². The maximum atomic E-state index is 12.7. The van der Waals surface area contributed by atoms with Crippen molar-refractivity contribution < 1.29 is 14.3 Å². The number of amides is 1. The summed E-state index contributed by atoms with van der Waals surface area (Å²) in [6.07, 6.45) is 2.58. The Balaban J connectivity index is 1.58. The lowest BCUT2D eigenvalue weighted by Gasteiger charge is -2.39. The van der Waals surface area contributed by atoms with Gasteiger partial charge in [-0.3, -0.25) is 9.59 Å². The highest BCUT2D eigenvalue weighted by molar-refractivity contribution is 5.98. The number of hydrogen-bond acceptors (Lipinski definition) is 4. The molecule has 0 aromatic heterocycles. The van der Waals surface area contributed by atoms with Crippen LogP contribution in [0.15, 0.2) is 30.3 Å². The Kier molecular flexibility index (Phi) is 4.78. The summed E-state index contributed by atoms with van der Waals surface area (Å²) in [4.78, 5) is 27.0. The van der Waals surface area contributed by atoms with Gasteiger partial charge in [-0.25, -0.2) is 0 Å². The van der Waals surface area contributed by atoms with Crippen LogP contribution in [-0.4, -0.2) is 48.4 Å². The third-order valence-electron chi connectivity index (χ3n) is 5.02. The molecule has 0 aliphatic carbocycles. The number of piperidine rings is 1. The molecule has 0 bridgehead atoms. The lowest BCUT2D eigenvalue weighted by Crippen LogP contribution is -2.59. The topological polar surface area (TPSA) is 72.6 Å². The predicted octanol–water partition coefficient (Wildman–Crippen LogP) is 1.62. The minimum atomic E-state index is -0.783. The fourth-order valence-electron chi connectivity index (χ4n) is 3.45. The Morgan fingerprint density at radius 1 is 1.09 bits per heavy atom. The van der Waals surface area contributed by atoms with Crippen LogP contribution in [-0.2, 0) is 9.53 Å². The highest BCUT2D eigenvalue weighted by Gasteiger charge is 2.40. The molecule has 5 nitrogen and oxygen atoms in total. The third kappa shape index (κ3) is 3.46. The molecule has 2 aliphatic rings. The smallest absolute Gasteiger partial charge is 0.242 e. The van der Waals surface area contributed by atoms with Gasteiger partial charge in [0.2, 0.25) is 5.91 Å². The van der Waals surface area contributed by atoms with E-state index in [4.69, 9.17) is 10.5 Å². The van der Waals surface area contributed by atoms with E-state index >= 15 is 0 Å². The van der Waals surface area contributed by atoms with Crippen LogP contribution in [0.4, 0.5) is 0 Å². The molecule has 0 radical (unpaired) electrons. The molecule has 1 amide bonds. The second-order valence-corrected chi connectivity index (χ2v) is 6.57. The van der Waals surface area contributed by atoms with Crippen molar-refractivity contribution in [3.63, 3.8) is 0 Å². The summed E-state index contributed by atoms with van der Waals surface area (Å²) < 4.78 is 5.30. The third-order valence-corrected chi connectivity index (χ3v) is 5.02. The SMILES string of the molecule is NC1(C(=O)N2CCC(C(=O)c3ccccc3)CC2)CCOCC1. The fourth-order valence-corrected chi connectivity index (χ4v) is 3.45. The van der Waals surface area contributed by atoms with Crippen molar-refractivity contribution >= 4 is 11.7 Å². The number of carbonyl (C=O) groups excluding carboxylic acids is 2. The fraction of sp³-hybridized carbons (Fsp3) is 0.556. The Morgan fingerprint density at radius 2 is 1.70 bits per heavy atom. The Hall–Kier alpha value is -1.72. The van der Waals surface area contributed by atoms with Crippen LogP contribution in [0.5, 0.6) is 0 Å². The molecule has 23 heavy (non-hydrogen) atoms. The highest BCUT2D eigenvalue weighted by atomic mass is 16.5. The first-order valence-electron chi connectivity index (χ1n) is 8.35. The van der Waals surface area contributed by atoms with Crippen molar-refractivity contribution in [2.75, 3.05) is 26.3 Å². The van der Waals surface area contributed by atoms with E-state index in [1.807, 2.05) is 35.2 Å². The number of hydrogen-bond donors (Lipinski definition) is 1. The van der Waals surface area contributed by atoms with Crippen LogP contribution in [0, 0.1) is 5.92 Å². The first kappa shape index (κ1) is 16.1. The van der Waals surface area contributed by atoms with Gasteiger partial charge in [-0.1, -0.05) is 30.3 Å². The van der Waals surface area contributed by atoms with Crippen molar-refractivity contribution in [2.24, 2.45) is 11.7 Å². The summed E-state index contributed by atoms with van der Waals surface area (Å²) in [7, 11) is 0. The molecule has 1 aromatic rings. The average molecular weight is 316 g/mol. The Bertz CT molecular complexity index is 559. The van der Waals surface area contributed by atoms with Gasteiger partial charge < -0.3 is 15.4 Å². The number of nitrogens with two attached hydrogens (primary N) is 1. The number of Topliss-reactive ketones (excluding diaryl/α,β-unsaturated/α-hetero) is 1. The van der Waals surface area contributed by atoms with E-state index < -0.39 is 5.54 Å². The number of ether oxygens (including phenoxy) is 1. The lowest BCUT2D eigenvalue weighted by molar-refractivity contribution is -0.141. The molecule has 0 atom stereocenters. The molecular weight excluding hydrogens is 292 g/mol. The van der Waals surface area contributed by atoms with Crippen LogP contribution in [0.2, 0.25) is 0 Å². The second-order valence-electron chi connectivity index (χ2n) is 6.57. The molecule has 5 heteroatoms. The molecule has 0 saturated carbocycles. The first-order valence-corrected chi connectivity index (χ1v) is 8.35. The summed E-state index contributed by atoms with van der Waals surface area (Å²) in [5.41, 5.74) is 6.26. The first-order chi connectivity index (χ1) is 11.1. The van der Waals surface area contributed by atoms with Gasteiger partial charge in [-0.2, -0.15) is 0 Å². The number of nitrogens with zero attached hydrogens (tertiary/aromatic N) is 1. The average Bonchev–Trinajstić information content (AvgIpc) is 2.62. The summed E-state index contributed by atoms with van der Waals surface area (Å²) in [5, 5.41) is 0. The van der Waals surface area contributed by atoms with E-state index in [9.17, 15) is 9.59 Å². The molecule has 2 heterocycles. The number of carbonyl (C=O) groups is 2. The van der Waals surface area contributed by atoms with Crippen LogP contribution in [0.3, 0.4) is 0 Å². The Labute approximate surface area is 136 Å². The largest absolute Gasteiger partial charge is 0.381 e. The molecule has 0 spiro atoms. The monoisotopic (exact) mass is 316 g/mol. The van der Waals surface area contributed by atoms with Gasteiger partial charge >= 0.3 is 0 Å². The number of likely N-dealkylation sites (tertiary alicyclic amines) is 1. The molecule has 2 aliphatic heterocycles. The minimum absolute atomic E-state index is 0.00450. The summed E-state index contributed by atoms with van der Waals surface area (Å²) in [6.45, 7) is 2.32. The lowest BCUT2D eigenvalue weighted by atomic mass is 9.86. The van der Waals surface area contributed by atoms with Gasteiger partial charge in [0.25, 0.3) is 0 Å². The minimum Gasteiger partial charge on any atom is -0.381 e. The van der Waals surface area contributed by atoms with E-state index in [0.29, 0.717) is 52.0 Å². The van der Waals surface area contributed by atoms with Gasteiger partial charge in [0.1, 0.15) is 0 Å². The molecular formula is C18H24N2O3. The molecule has 0 unspecified atom stereocenters. The number of ketones is 1. The van der Waals surface area contributed by atoms with Crippen LogP contribution in [0.25, 0.3) is 0 Å². The van der Waals surface area contributed by atoms with Crippen molar-refractivity contribution in [3.05, 3.63) is 35.9 Å². The molecule has 2 saturated heterocycles. The van der Waals surface area contributed by atoms with E-state index in [1.54, 1.807) is 0 Å². The van der Waals surface area contributed by atoms with E-state index in [0.717, 1.165) is 5.56 Å². The predicted molar refractivity (Wildman–Crippen MR) is 87.0 cm³/mol. The van der Waals surface area contributed by atoms with E-state index in [-0.39, 0.29) is 17.6 Å². The zero-order chi connectivity index (χ0) is 16.3. The normalized spacial score (nSPS) is 21.9. The van der Waals surface area contributed by atoms with Gasteiger partial charge in [-0.05, 0) is 25.7 Å². The summed E-state index contributed by atoms with van der Waals surface area (Å²) in [6, 6.07) is 9.39. The Morgan fingerprint density at radius 3 is 2.30 bits per heavy atom. The summed E-state index contributed by atoms with van der Waals surface area (Å²) in [5.74, 6) is 0.211. The second kappa shape index (κ2) is 6.81. The maximum absolute atomic E-state index is 12.7. The van der Waals surface area contributed by atoms with Gasteiger partial charge in [0, 0.05) is 37.8 Å². The maximum Gasteiger partial charge on any atom is 0.242 e.